The van der Waals surface area contributed by atoms with Crippen LogP contribution < -0.4 is 4.74 Å². The Hall–Kier alpha value is -1.86. The van der Waals surface area contributed by atoms with Gasteiger partial charge in [0.05, 0.1) is 17.7 Å². The van der Waals surface area contributed by atoms with Gasteiger partial charge in [0, 0.05) is 15.6 Å². The molecular formula is C16H9Cl3N4OS. The summed E-state index contributed by atoms with van der Waals surface area (Å²) in [7, 11) is 1.59. The highest BCUT2D eigenvalue weighted by Gasteiger charge is 2.19. The second kappa shape index (κ2) is 6.46. The highest BCUT2D eigenvalue weighted by molar-refractivity contribution is 7.19. The summed E-state index contributed by atoms with van der Waals surface area (Å²) < 4.78 is 7.05. The van der Waals surface area contributed by atoms with Gasteiger partial charge in [-0.05, 0) is 36.4 Å². The Morgan fingerprint density at radius 1 is 0.960 bits per heavy atom. The van der Waals surface area contributed by atoms with Crippen LogP contribution in [0.25, 0.3) is 26.9 Å². The lowest BCUT2D eigenvalue weighted by molar-refractivity contribution is 0.416. The highest BCUT2D eigenvalue weighted by atomic mass is 35.5. The van der Waals surface area contributed by atoms with Crippen LogP contribution in [-0.4, -0.2) is 26.9 Å². The number of hydrogen-bond acceptors (Lipinski definition) is 5. The number of methoxy groups -OCH3 is 1. The van der Waals surface area contributed by atoms with E-state index in [-0.39, 0.29) is 0 Å². The minimum atomic E-state index is 0.527. The number of halogens is 3. The molecule has 9 heteroatoms. The Morgan fingerprint density at radius 3 is 2.48 bits per heavy atom. The summed E-state index contributed by atoms with van der Waals surface area (Å²) in [6.45, 7) is 0. The monoisotopic (exact) mass is 410 g/mol. The summed E-state index contributed by atoms with van der Waals surface area (Å²) in [5, 5.41) is 15.4. The topological polar surface area (TPSA) is 52.3 Å². The molecule has 5 nitrogen and oxygen atoms in total. The van der Waals surface area contributed by atoms with Crippen LogP contribution in [0.5, 0.6) is 5.75 Å². The van der Waals surface area contributed by atoms with Crippen molar-refractivity contribution in [1.82, 2.24) is 19.8 Å². The molecule has 4 aromatic rings. The van der Waals surface area contributed by atoms with Crippen molar-refractivity contribution < 1.29 is 4.74 Å². The fraction of sp³-hybridized carbons (Fsp3) is 0.0625. The van der Waals surface area contributed by atoms with Crippen molar-refractivity contribution in [2.75, 3.05) is 7.11 Å². The standard InChI is InChI=1S/C16H9Cl3N4OS/c1-24-13-5-3-8(17)6-11(13)14-20-21-16-23(14)22-15(25-16)10-4-2-9(18)7-12(10)19/h2-7H,1H3. The van der Waals surface area contributed by atoms with E-state index in [4.69, 9.17) is 39.5 Å². The molecule has 0 saturated heterocycles. The number of benzene rings is 2. The molecule has 0 fully saturated rings. The lowest BCUT2D eigenvalue weighted by Gasteiger charge is -2.06. The van der Waals surface area contributed by atoms with Crippen LogP contribution in [0, 0.1) is 0 Å². The second-order valence-electron chi connectivity index (χ2n) is 5.09. The zero-order valence-corrected chi connectivity index (χ0v) is 15.8. The fourth-order valence-electron chi connectivity index (χ4n) is 2.41. The molecule has 0 N–H and O–H groups in total. The predicted octanol–water partition coefficient (Wildman–Crippen LogP) is 5.49. The normalized spacial score (nSPS) is 11.2. The maximum absolute atomic E-state index is 6.28. The third kappa shape index (κ3) is 2.95. The van der Waals surface area contributed by atoms with E-state index in [2.05, 4.69) is 15.3 Å². The number of ether oxygens (including phenoxy) is 1. The lowest BCUT2D eigenvalue weighted by atomic mass is 10.2. The zero-order valence-electron chi connectivity index (χ0n) is 12.7. The summed E-state index contributed by atoms with van der Waals surface area (Å²) in [6.07, 6.45) is 0. The first-order chi connectivity index (χ1) is 12.1. The molecule has 0 aliphatic heterocycles. The Kier molecular flexibility index (Phi) is 4.29. The average molecular weight is 412 g/mol. The smallest absolute Gasteiger partial charge is 0.235 e. The lowest BCUT2D eigenvalue weighted by Crippen LogP contribution is -1.94. The van der Waals surface area contributed by atoms with E-state index in [1.54, 1.807) is 42.0 Å². The molecule has 0 bridgehead atoms. The molecule has 0 saturated carbocycles. The number of nitrogens with zero attached hydrogens (tertiary/aromatic N) is 4. The quantitative estimate of drug-likeness (QED) is 0.447. The molecule has 0 spiro atoms. The molecule has 4 rings (SSSR count). The highest BCUT2D eigenvalue weighted by Crippen LogP contribution is 2.36. The van der Waals surface area contributed by atoms with Crippen molar-refractivity contribution in [3.63, 3.8) is 0 Å². The molecule has 0 aliphatic carbocycles. The Labute approximate surface area is 161 Å². The van der Waals surface area contributed by atoms with Crippen molar-refractivity contribution in [3.05, 3.63) is 51.5 Å². The molecule has 25 heavy (non-hydrogen) atoms. The molecule has 126 valence electrons. The van der Waals surface area contributed by atoms with Crippen molar-refractivity contribution in [2.24, 2.45) is 0 Å². The van der Waals surface area contributed by atoms with E-state index >= 15 is 0 Å². The van der Waals surface area contributed by atoms with Gasteiger partial charge in [-0.2, -0.15) is 9.61 Å². The third-order valence-corrected chi connectivity index (χ3v) is 5.27. The molecule has 2 heterocycles. The molecule has 0 unspecified atom stereocenters. The minimum Gasteiger partial charge on any atom is -0.496 e. The first-order valence-corrected chi connectivity index (χ1v) is 9.03. The Morgan fingerprint density at radius 2 is 1.72 bits per heavy atom. The summed E-state index contributed by atoms with van der Waals surface area (Å²) in [5.41, 5.74) is 1.49. The number of rotatable bonds is 3. The van der Waals surface area contributed by atoms with E-state index in [0.717, 1.165) is 5.56 Å². The molecule has 0 aliphatic rings. The molecule has 2 aromatic carbocycles. The van der Waals surface area contributed by atoms with Crippen molar-refractivity contribution in [1.29, 1.82) is 0 Å². The molecule has 2 aromatic heterocycles. The summed E-state index contributed by atoms with van der Waals surface area (Å²) in [4.78, 5) is 0.637. The van der Waals surface area contributed by atoms with Gasteiger partial charge in [0.15, 0.2) is 5.82 Å². The molecule has 0 atom stereocenters. The summed E-state index contributed by atoms with van der Waals surface area (Å²) >= 11 is 19.7. The van der Waals surface area contributed by atoms with Crippen molar-refractivity contribution >= 4 is 51.1 Å². The van der Waals surface area contributed by atoms with Crippen LogP contribution in [0.15, 0.2) is 36.4 Å². The van der Waals surface area contributed by atoms with Crippen LogP contribution in [0.2, 0.25) is 15.1 Å². The van der Waals surface area contributed by atoms with Crippen LogP contribution >= 0.6 is 46.1 Å². The number of hydrogen-bond donors (Lipinski definition) is 0. The van der Waals surface area contributed by atoms with E-state index < -0.39 is 0 Å². The van der Waals surface area contributed by atoms with E-state index in [0.29, 0.717) is 42.2 Å². The summed E-state index contributed by atoms with van der Waals surface area (Å²) in [6, 6.07) is 10.6. The number of aromatic nitrogens is 4. The maximum atomic E-state index is 6.28. The third-order valence-electron chi connectivity index (χ3n) is 3.55. The van der Waals surface area contributed by atoms with Gasteiger partial charge < -0.3 is 4.74 Å². The first-order valence-electron chi connectivity index (χ1n) is 7.08. The van der Waals surface area contributed by atoms with Gasteiger partial charge in [-0.15, -0.1) is 10.2 Å². The average Bonchev–Trinajstić information content (AvgIpc) is 3.15. The first kappa shape index (κ1) is 16.6. The van der Waals surface area contributed by atoms with Gasteiger partial charge >= 0.3 is 0 Å². The largest absolute Gasteiger partial charge is 0.496 e. The van der Waals surface area contributed by atoms with Crippen LogP contribution in [-0.2, 0) is 0 Å². The van der Waals surface area contributed by atoms with E-state index in [9.17, 15) is 0 Å². The van der Waals surface area contributed by atoms with Gasteiger partial charge in [0.1, 0.15) is 10.8 Å². The van der Waals surface area contributed by atoms with Crippen LogP contribution in [0.1, 0.15) is 0 Å². The summed E-state index contributed by atoms with van der Waals surface area (Å²) in [5.74, 6) is 1.18. The molecule has 0 amide bonds. The Bertz CT molecular complexity index is 1090. The maximum Gasteiger partial charge on any atom is 0.235 e. The van der Waals surface area contributed by atoms with Crippen LogP contribution in [0.3, 0.4) is 0 Å². The van der Waals surface area contributed by atoms with E-state index in [1.165, 1.54) is 11.3 Å². The van der Waals surface area contributed by atoms with Crippen molar-refractivity contribution in [3.8, 4) is 27.7 Å². The van der Waals surface area contributed by atoms with Gasteiger partial charge in [-0.1, -0.05) is 46.1 Å². The second-order valence-corrected chi connectivity index (χ2v) is 7.33. The molecule has 0 radical (unpaired) electrons. The predicted molar refractivity (Wildman–Crippen MR) is 101 cm³/mol. The fourth-order valence-corrected chi connectivity index (χ4v) is 4.02. The van der Waals surface area contributed by atoms with Gasteiger partial charge in [0.2, 0.25) is 4.96 Å². The van der Waals surface area contributed by atoms with Gasteiger partial charge in [-0.3, -0.25) is 0 Å². The van der Waals surface area contributed by atoms with Crippen LogP contribution in [0.4, 0.5) is 0 Å². The van der Waals surface area contributed by atoms with Crippen molar-refractivity contribution in [2.45, 2.75) is 0 Å². The van der Waals surface area contributed by atoms with E-state index in [1.807, 2.05) is 6.07 Å². The zero-order chi connectivity index (χ0) is 17.6. The molecular weight excluding hydrogens is 403 g/mol. The minimum absolute atomic E-state index is 0.527. The number of fused-ring (bicyclic) bond motifs is 1. The van der Waals surface area contributed by atoms with Gasteiger partial charge in [-0.25, -0.2) is 0 Å². The SMILES string of the molecule is COc1ccc(Cl)cc1-c1nnc2sc(-c3ccc(Cl)cc3Cl)nn12. The Balaban J connectivity index is 1.88. The van der Waals surface area contributed by atoms with Gasteiger partial charge in [0.25, 0.3) is 0 Å².